The molecule has 120 valence electrons. The lowest BCUT2D eigenvalue weighted by Gasteiger charge is -2.25. The molecule has 1 atom stereocenters. The largest absolute Gasteiger partial charge is 0.348 e. The minimum Gasteiger partial charge on any atom is -0.308 e. The summed E-state index contributed by atoms with van der Waals surface area (Å²) >= 11 is 5.37. The molecule has 20 heavy (non-hydrogen) atoms. The zero-order valence-electron chi connectivity index (χ0n) is 11.5. The molecule has 0 saturated carbocycles. The quantitative estimate of drug-likeness (QED) is 0.262. The van der Waals surface area contributed by atoms with Crippen LogP contribution in [0, 0.1) is 4.91 Å². The molecular weight excluding hydrogens is 333 g/mol. The summed E-state index contributed by atoms with van der Waals surface area (Å²) in [7, 11) is -7.94. The van der Waals surface area contributed by atoms with Crippen LogP contribution in [0.15, 0.2) is 5.29 Å². The highest BCUT2D eigenvalue weighted by atomic mass is 35.5. The summed E-state index contributed by atoms with van der Waals surface area (Å²) in [5.41, 5.74) is 0. The van der Waals surface area contributed by atoms with E-state index in [9.17, 15) is 17.9 Å². The lowest BCUT2D eigenvalue weighted by molar-refractivity contribution is 0.211. The van der Waals surface area contributed by atoms with Crippen LogP contribution in [0.1, 0.15) is 20.8 Å². The van der Waals surface area contributed by atoms with E-state index in [2.05, 4.69) is 5.29 Å². The Bertz CT molecular complexity index is 437. The third-order valence-corrected chi connectivity index (χ3v) is 6.17. The maximum atomic E-state index is 12.3. The predicted octanol–water partition coefficient (Wildman–Crippen LogP) is 1.66. The van der Waals surface area contributed by atoms with E-state index in [-0.39, 0.29) is 30.1 Å². The van der Waals surface area contributed by atoms with E-state index in [1.54, 1.807) is 13.8 Å². The van der Waals surface area contributed by atoms with Gasteiger partial charge in [0.05, 0.1) is 25.0 Å². The summed E-state index contributed by atoms with van der Waals surface area (Å²) in [5.74, 6) is -1.29. The van der Waals surface area contributed by atoms with Crippen LogP contribution in [-0.2, 0) is 23.8 Å². The van der Waals surface area contributed by atoms with Gasteiger partial charge in [0.15, 0.2) is 0 Å². The fourth-order valence-corrected chi connectivity index (χ4v) is 4.63. The number of hydrogen-bond donors (Lipinski definition) is 1. The van der Waals surface area contributed by atoms with Gasteiger partial charge in [-0.05, 0) is 20.8 Å². The first-order valence-corrected chi connectivity index (χ1v) is 9.44. The number of nitrogens with one attached hydrogen (secondary N) is 1. The second-order valence-corrected chi connectivity index (χ2v) is 7.85. The molecule has 12 heteroatoms. The Balaban J connectivity index is 5.07. The van der Waals surface area contributed by atoms with Gasteiger partial charge in [-0.1, -0.05) is 0 Å². The van der Waals surface area contributed by atoms with E-state index in [0.717, 1.165) is 0 Å². The van der Waals surface area contributed by atoms with Gasteiger partial charge < -0.3 is 9.05 Å². The summed E-state index contributed by atoms with van der Waals surface area (Å²) < 4.78 is 48.3. The fourth-order valence-electron chi connectivity index (χ4n) is 1.24. The van der Waals surface area contributed by atoms with Gasteiger partial charge in [0.2, 0.25) is 0 Å². The van der Waals surface area contributed by atoms with Crippen molar-refractivity contribution in [3.63, 3.8) is 0 Å². The van der Waals surface area contributed by atoms with Crippen LogP contribution in [0.3, 0.4) is 0 Å². The SMILES string of the molecule is CCOP(=O)(OCC)C(C)NS(=O)(=O)N(CCCl)N=O. The maximum Gasteiger partial charge on any atom is 0.348 e. The van der Waals surface area contributed by atoms with Crippen LogP contribution in [0.4, 0.5) is 0 Å². The van der Waals surface area contributed by atoms with Crippen LogP contribution in [-0.4, -0.2) is 44.3 Å². The number of hydrogen-bond acceptors (Lipinski definition) is 7. The van der Waals surface area contributed by atoms with Crippen LogP contribution < -0.4 is 4.72 Å². The number of nitrogens with zero attached hydrogens (tertiary/aromatic N) is 2. The Hall–Kier alpha value is -0.250. The molecule has 1 N–H and O–H groups in total. The first-order chi connectivity index (χ1) is 9.27. The van der Waals surface area contributed by atoms with E-state index in [1.165, 1.54) is 6.92 Å². The number of rotatable bonds is 11. The van der Waals surface area contributed by atoms with E-state index in [4.69, 9.17) is 20.6 Å². The van der Waals surface area contributed by atoms with Crippen molar-refractivity contribution in [1.82, 2.24) is 9.14 Å². The standard InChI is InChI=1S/C8H19ClN3O6PS/c1-4-17-19(14,18-5-2)8(3)10-20(15,16)12(11-13)7-6-9/h8,10H,4-7H2,1-3H3. The minimum absolute atomic E-state index is 0.0840. The molecule has 0 fully saturated rings. The number of nitroso groups, excluding NO2 is 1. The van der Waals surface area contributed by atoms with Gasteiger partial charge in [0, 0.05) is 5.88 Å². The van der Waals surface area contributed by atoms with Crippen molar-refractivity contribution in [3.05, 3.63) is 4.91 Å². The average Bonchev–Trinajstić information content (AvgIpc) is 2.35. The molecule has 0 aromatic carbocycles. The molecule has 0 amide bonds. The molecule has 0 aliphatic rings. The molecule has 1 unspecified atom stereocenters. The van der Waals surface area contributed by atoms with Gasteiger partial charge in [-0.3, -0.25) is 4.57 Å². The number of alkyl halides is 1. The first kappa shape index (κ1) is 19.8. The Morgan fingerprint density at radius 1 is 1.35 bits per heavy atom. The maximum absolute atomic E-state index is 12.3. The van der Waals surface area contributed by atoms with Crippen molar-refractivity contribution in [2.24, 2.45) is 5.29 Å². The molecule has 0 heterocycles. The molecule has 9 nitrogen and oxygen atoms in total. The zero-order valence-corrected chi connectivity index (χ0v) is 13.9. The molecule has 0 spiro atoms. The highest BCUT2D eigenvalue weighted by Gasteiger charge is 2.36. The van der Waals surface area contributed by atoms with Crippen LogP contribution >= 0.6 is 19.2 Å². The van der Waals surface area contributed by atoms with Crippen molar-refractivity contribution in [2.75, 3.05) is 25.6 Å². The van der Waals surface area contributed by atoms with Crippen molar-refractivity contribution >= 4 is 29.4 Å². The van der Waals surface area contributed by atoms with Gasteiger partial charge in [-0.25, -0.2) is 0 Å². The minimum atomic E-state index is -4.27. The van der Waals surface area contributed by atoms with E-state index in [1.807, 2.05) is 4.72 Å². The third kappa shape index (κ3) is 5.63. The predicted molar refractivity (Wildman–Crippen MR) is 75.6 cm³/mol. The molecule has 0 rings (SSSR count). The molecule has 0 aromatic heterocycles. The zero-order chi connectivity index (χ0) is 15.8. The lowest BCUT2D eigenvalue weighted by atomic mass is 10.8. The first-order valence-electron chi connectivity index (χ1n) is 5.85. The topological polar surface area (TPSA) is 114 Å². The Morgan fingerprint density at radius 2 is 1.85 bits per heavy atom. The molecule has 0 aliphatic carbocycles. The van der Waals surface area contributed by atoms with Crippen molar-refractivity contribution in [1.29, 1.82) is 0 Å². The molecule has 0 radical (unpaired) electrons. The van der Waals surface area contributed by atoms with Crippen molar-refractivity contribution in [3.8, 4) is 0 Å². The Labute approximate surface area is 123 Å². The van der Waals surface area contributed by atoms with E-state index in [0.29, 0.717) is 0 Å². The highest BCUT2D eigenvalue weighted by molar-refractivity contribution is 7.87. The molecular formula is C8H19ClN3O6PS. The van der Waals surface area contributed by atoms with Gasteiger partial charge in [-0.15, -0.1) is 20.9 Å². The van der Waals surface area contributed by atoms with Gasteiger partial charge in [0.25, 0.3) is 0 Å². The van der Waals surface area contributed by atoms with Crippen LogP contribution in [0.5, 0.6) is 0 Å². The Morgan fingerprint density at radius 3 is 2.20 bits per heavy atom. The molecule has 0 saturated heterocycles. The average molecular weight is 352 g/mol. The normalized spacial score (nSPS) is 14.0. The molecule has 0 bridgehead atoms. The second-order valence-electron chi connectivity index (χ2n) is 3.49. The summed E-state index contributed by atoms with van der Waals surface area (Å²) in [4.78, 5) is 10.5. The Kier molecular flexibility index (Phi) is 8.80. The lowest BCUT2D eigenvalue weighted by Crippen LogP contribution is -2.43. The summed E-state index contributed by atoms with van der Waals surface area (Å²) in [5, 5.41) is 2.35. The summed E-state index contributed by atoms with van der Waals surface area (Å²) in [6.45, 7) is 4.37. The molecule has 0 aliphatic heterocycles. The number of halogens is 1. The fraction of sp³-hybridized carbons (Fsp3) is 1.00. The highest BCUT2D eigenvalue weighted by Crippen LogP contribution is 2.51. The van der Waals surface area contributed by atoms with Crippen molar-refractivity contribution < 1.29 is 22.0 Å². The second kappa shape index (κ2) is 8.91. The summed E-state index contributed by atoms with van der Waals surface area (Å²) in [6, 6.07) is 0. The van der Waals surface area contributed by atoms with Crippen LogP contribution in [0.2, 0.25) is 0 Å². The third-order valence-electron chi connectivity index (χ3n) is 2.06. The van der Waals surface area contributed by atoms with Crippen molar-refractivity contribution in [2.45, 2.75) is 26.6 Å². The van der Waals surface area contributed by atoms with Gasteiger partial charge >= 0.3 is 17.8 Å². The van der Waals surface area contributed by atoms with E-state index >= 15 is 0 Å². The van der Waals surface area contributed by atoms with Gasteiger partial charge in [0.1, 0.15) is 5.78 Å². The molecule has 0 aromatic rings. The monoisotopic (exact) mass is 351 g/mol. The van der Waals surface area contributed by atoms with Crippen LogP contribution in [0.25, 0.3) is 0 Å². The van der Waals surface area contributed by atoms with Gasteiger partial charge in [-0.2, -0.15) is 13.1 Å². The van der Waals surface area contributed by atoms with E-state index < -0.39 is 23.6 Å². The smallest absolute Gasteiger partial charge is 0.308 e. The summed E-state index contributed by atoms with van der Waals surface area (Å²) in [6.07, 6.45) is 0.